The highest BCUT2D eigenvalue weighted by atomic mass is 79.9. The molecule has 232 valence electrons. The smallest absolute Gasteiger partial charge is 0.137 e. The first-order valence-corrected chi connectivity index (χ1v) is 17.6. The summed E-state index contributed by atoms with van der Waals surface area (Å²) in [6.45, 7) is 6.75. The summed E-state index contributed by atoms with van der Waals surface area (Å²) < 4.78 is 12.5. The van der Waals surface area contributed by atoms with E-state index in [-0.39, 0.29) is 5.41 Å². The molecule has 0 aliphatic carbocycles. The Morgan fingerprint density at radius 1 is 0.646 bits per heavy atom. The fraction of sp³-hybridized carbons (Fsp3) is 0.0952. The molecule has 0 radical (unpaired) electrons. The van der Waals surface area contributed by atoms with Gasteiger partial charge < -0.3 is 4.74 Å². The molecule has 0 spiro atoms. The number of fused-ring (bicyclic) bond motifs is 10. The van der Waals surface area contributed by atoms with E-state index in [0.717, 1.165) is 38.4 Å². The Kier molecular flexibility index (Phi) is 6.68. The van der Waals surface area contributed by atoms with Gasteiger partial charge in [-0.2, -0.15) is 0 Å². The van der Waals surface area contributed by atoms with E-state index in [1.807, 2.05) is 48.1 Å². The van der Waals surface area contributed by atoms with Gasteiger partial charge in [0, 0.05) is 50.0 Å². The molecule has 0 fully saturated rings. The van der Waals surface area contributed by atoms with Gasteiger partial charge in [-0.1, -0.05) is 85.2 Å². The Labute approximate surface area is 290 Å². The lowest BCUT2D eigenvalue weighted by atomic mass is 9.88. The van der Waals surface area contributed by atoms with Crippen LogP contribution in [0.15, 0.2) is 132 Å². The monoisotopic (exact) mass is 703 g/mol. The Bertz CT molecular complexity index is 2700. The molecule has 9 aromatic rings. The van der Waals surface area contributed by atoms with Crippen molar-refractivity contribution in [2.45, 2.75) is 26.2 Å². The molecule has 5 aromatic carbocycles. The third-order valence-electron chi connectivity index (χ3n) is 9.18. The maximum Gasteiger partial charge on any atom is 0.137 e. The predicted molar refractivity (Wildman–Crippen MR) is 205 cm³/mol. The minimum absolute atomic E-state index is 0.0269. The average molecular weight is 705 g/mol. The first-order valence-electron chi connectivity index (χ1n) is 16.0. The molecule has 0 N–H and O–H groups in total. The van der Waals surface area contributed by atoms with Crippen LogP contribution in [0, 0.1) is 0 Å². The number of halogens is 1. The molecule has 0 atom stereocenters. The van der Waals surface area contributed by atoms with Gasteiger partial charge in [-0.3, -0.25) is 9.55 Å². The summed E-state index contributed by atoms with van der Waals surface area (Å²) in [7, 11) is 0. The second-order valence-corrected chi connectivity index (χ2v) is 15.2. The molecule has 4 aromatic heterocycles. The van der Waals surface area contributed by atoms with E-state index in [4.69, 9.17) is 9.72 Å². The first-order chi connectivity index (χ1) is 23.3. The number of nitrogens with zero attached hydrogens (tertiary/aromatic N) is 3. The van der Waals surface area contributed by atoms with E-state index in [9.17, 15) is 0 Å². The van der Waals surface area contributed by atoms with Crippen molar-refractivity contribution in [2.75, 3.05) is 0 Å². The Hall–Kier alpha value is -5.04. The zero-order valence-corrected chi connectivity index (χ0v) is 29.1. The van der Waals surface area contributed by atoms with Crippen molar-refractivity contribution in [1.29, 1.82) is 0 Å². The first kappa shape index (κ1) is 29.1. The second-order valence-electron chi connectivity index (χ2n) is 13.3. The van der Waals surface area contributed by atoms with Gasteiger partial charge in [-0.25, -0.2) is 4.98 Å². The van der Waals surface area contributed by atoms with Gasteiger partial charge in [0.15, 0.2) is 0 Å². The van der Waals surface area contributed by atoms with Crippen molar-refractivity contribution in [3.63, 3.8) is 0 Å². The molecule has 4 heterocycles. The number of pyridine rings is 2. The van der Waals surface area contributed by atoms with Crippen LogP contribution in [0.2, 0.25) is 0 Å². The van der Waals surface area contributed by atoms with Crippen molar-refractivity contribution in [1.82, 2.24) is 14.5 Å². The SMILES string of the molecule is CC(C)(C)c1ccnc(-n2c3cc(Oc4cc(Br)cc(-c5ccncc5)c4)ccc3c3sc4c5ccccc5c5ccccc5c4c32)c1. The molecule has 9 rings (SSSR count). The summed E-state index contributed by atoms with van der Waals surface area (Å²) in [6.07, 6.45) is 5.56. The lowest BCUT2D eigenvalue weighted by molar-refractivity contribution is 0.483. The highest BCUT2D eigenvalue weighted by molar-refractivity contribution is 9.10. The highest BCUT2D eigenvalue weighted by Crippen LogP contribution is 2.49. The van der Waals surface area contributed by atoms with Crippen molar-refractivity contribution in [3.8, 4) is 28.4 Å². The molecular formula is C42H30BrN3OS. The van der Waals surface area contributed by atoms with Crippen LogP contribution in [-0.4, -0.2) is 14.5 Å². The number of hydrogen-bond acceptors (Lipinski definition) is 4. The number of aromatic nitrogens is 3. The lowest BCUT2D eigenvalue weighted by Crippen LogP contribution is -2.12. The number of ether oxygens (including phenoxy) is 1. The number of thiophene rings is 1. The van der Waals surface area contributed by atoms with Crippen LogP contribution in [0.1, 0.15) is 26.3 Å². The molecule has 0 aliphatic heterocycles. The number of benzene rings is 5. The van der Waals surface area contributed by atoms with Crippen molar-refractivity contribution in [3.05, 3.63) is 138 Å². The summed E-state index contributed by atoms with van der Waals surface area (Å²) in [5, 5.41) is 7.52. The Morgan fingerprint density at radius 2 is 1.38 bits per heavy atom. The molecule has 0 saturated carbocycles. The van der Waals surface area contributed by atoms with Gasteiger partial charge >= 0.3 is 0 Å². The number of rotatable bonds is 4. The van der Waals surface area contributed by atoms with Crippen LogP contribution in [0.3, 0.4) is 0 Å². The van der Waals surface area contributed by atoms with Gasteiger partial charge in [-0.05, 0) is 92.9 Å². The molecule has 48 heavy (non-hydrogen) atoms. The van der Waals surface area contributed by atoms with Crippen LogP contribution in [0.25, 0.3) is 69.7 Å². The summed E-state index contributed by atoms with van der Waals surface area (Å²) in [4.78, 5) is 9.19. The Morgan fingerprint density at radius 3 is 2.15 bits per heavy atom. The second kappa shape index (κ2) is 11.0. The molecule has 0 saturated heterocycles. The third-order valence-corrected chi connectivity index (χ3v) is 10.9. The molecule has 6 heteroatoms. The topological polar surface area (TPSA) is 39.9 Å². The highest BCUT2D eigenvalue weighted by Gasteiger charge is 2.24. The third kappa shape index (κ3) is 4.70. The Balaban J connectivity index is 1.33. The van der Waals surface area contributed by atoms with Crippen LogP contribution >= 0.6 is 27.3 Å². The van der Waals surface area contributed by atoms with Gasteiger partial charge in [-0.15, -0.1) is 11.3 Å². The molecule has 0 amide bonds. The predicted octanol–water partition coefficient (Wildman–Crippen LogP) is 12.6. The minimum atomic E-state index is -0.0269. The van der Waals surface area contributed by atoms with E-state index < -0.39 is 0 Å². The molecular weight excluding hydrogens is 674 g/mol. The van der Waals surface area contributed by atoms with Crippen molar-refractivity contribution in [2.24, 2.45) is 0 Å². The van der Waals surface area contributed by atoms with Crippen LogP contribution in [0.4, 0.5) is 0 Å². The number of hydrogen-bond donors (Lipinski definition) is 0. The lowest BCUT2D eigenvalue weighted by Gasteiger charge is -2.20. The fourth-order valence-corrected chi connectivity index (χ4v) is 8.74. The van der Waals surface area contributed by atoms with Crippen molar-refractivity contribution >= 4 is 80.0 Å². The van der Waals surface area contributed by atoms with E-state index in [1.165, 1.54) is 52.8 Å². The quantitative estimate of drug-likeness (QED) is 0.171. The van der Waals surface area contributed by atoms with E-state index in [2.05, 4.69) is 137 Å². The average Bonchev–Trinajstić information content (AvgIpc) is 3.63. The summed E-state index contributed by atoms with van der Waals surface area (Å²) >= 11 is 5.57. The zero-order chi connectivity index (χ0) is 32.6. The maximum absolute atomic E-state index is 6.61. The van der Waals surface area contributed by atoms with E-state index in [1.54, 1.807) is 0 Å². The van der Waals surface area contributed by atoms with Crippen LogP contribution in [-0.2, 0) is 5.41 Å². The van der Waals surface area contributed by atoms with Crippen molar-refractivity contribution < 1.29 is 4.74 Å². The molecule has 0 unspecified atom stereocenters. The van der Waals surface area contributed by atoms with Gasteiger partial charge in [0.05, 0.1) is 15.7 Å². The van der Waals surface area contributed by atoms with Gasteiger partial charge in [0.25, 0.3) is 0 Å². The summed E-state index contributed by atoms with van der Waals surface area (Å²) in [6, 6.07) is 38.6. The summed E-state index contributed by atoms with van der Waals surface area (Å²) in [5.74, 6) is 2.42. The zero-order valence-electron chi connectivity index (χ0n) is 26.7. The normalized spacial score (nSPS) is 12.2. The largest absolute Gasteiger partial charge is 0.457 e. The standard InChI is InChI=1S/C42H30BrN3OS/c1-42(2,3)27-16-19-45-37(22-27)46-36-24-29(47-30-21-26(20-28(43)23-30)25-14-17-44-18-15-25)12-13-35(36)41-39(46)38-33-10-6-4-8-31(33)32-9-5-7-11-34(32)40(38)48-41/h4-24H,1-3H3. The molecule has 0 bridgehead atoms. The van der Waals surface area contributed by atoms with Gasteiger partial charge in [0.2, 0.25) is 0 Å². The van der Waals surface area contributed by atoms with Crippen LogP contribution < -0.4 is 4.74 Å². The van der Waals surface area contributed by atoms with E-state index in [0.29, 0.717) is 0 Å². The minimum Gasteiger partial charge on any atom is -0.457 e. The van der Waals surface area contributed by atoms with Crippen LogP contribution in [0.5, 0.6) is 11.5 Å². The molecule has 0 aliphatic rings. The summed E-state index contributed by atoms with van der Waals surface area (Å²) in [5.41, 5.74) is 5.60. The van der Waals surface area contributed by atoms with E-state index >= 15 is 0 Å². The van der Waals surface area contributed by atoms with Gasteiger partial charge in [0.1, 0.15) is 17.3 Å². The fourth-order valence-electron chi connectivity index (χ4n) is 6.90. The molecule has 4 nitrogen and oxygen atoms in total. The maximum atomic E-state index is 6.61.